The van der Waals surface area contributed by atoms with E-state index >= 15 is 0 Å². The number of amides is 2. The number of rotatable bonds is 5. The van der Waals surface area contributed by atoms with E-state index in [2.05, 4.69) is 15.6 Å². The van der Waals surface area contributed by atoms with Crippen LogP contribution in [0.2, 0.25) is 0 Å². The second-order valence-electron chi connectivity index (χ2n) is 6.21. The van der Waals surface area contributed by atoms with Crippen LogP contribution in [0.25, 0.3) is 0 Å². The molecule has 1 saturated carbocycles. The summed E-state index contributed by atoms with van der Waals surface area (Å²) < 4.78 is 0. The van der Waals surface area contributed by atoms with Gasteiger partial charge in [-0.3, -0.25) is 9.59 Å². The largest absolute Gasteiger partial charge is 0.326 e. The van der Waals surface area contributed by atoms with Gasteiger partial charge in [0.2, 0.25) is 11.8 Å². The fourth-order valence-electron chi connectivity index (χ4n) is 2.93. The summed E-state index contributed by atoms with van der Waals surface area (Å²) in [4.78, 5) is 28.5. The number of aromatic nitrogens is 1. The number of nitrogens with one attached hydrogen (secondary N) is 2. The van der Waals surface area contributed by atoms with Crippen molar-refractivity contribution in [3.8, 4) is 0 Å². The van der Waals surface area contributed by atoms with Gasteiger partial charge in [-0.2, -0.15) is 0 Å². The summed E-state index contributed by atoms with van der Waals surface area (Å²) in [6, 6.07) is 7.67. The quantitative estimate of drug-likeness (QED) is 0.868. The Kier molecular flexibility index (Phi) is 5.25. The Bertz CT molecular complexity index is 735. The van der Waals surface area contributed by atoms with Gasteiger partial charge < -0.3 is 10.6 Å². The molecule has 0 spiro atoms. The molecular formula is C18H21N3O2S. The maximum atomic E-state index is 12.1. The van der Waals surface area contributed by atoms with Gasteiger partial charge in [-0.15, -0.1) is 11.3 Å². The maximum Gasteiger partial charge on any atom is 0.230 e. The first-order valence-electron chi connectivity index (χ1n) is 8.22. The third kappa shape index (κ3) is 4.41. The van der Waals surface area contributed by atoms with Crippen molar-refractivity contribution in [1.29, 1.82) is 0 Å². The second kappa shape index (κ2) is 7.57. The molecule has 2 amide bonds. The Morgan fingerprint density at radius 3 is 2.79 bits per heavy atom. The van der Waals surface area contributed by atoms with Crippen LogP contribution < -0.4 is 10.6 Å². The molecular weight excluding hydrogens is 322 g/mol. The summed E-state index contributed by atoms with van der Waals surface area (Å²) in [6.07, 6.45) is 4.37. The van der Waals surface area contributed by atoms with Gasteiger partial charge in [0.1, 0.15) is 0 Å². The van der Waals surface area contributed by atoms with Crippen LogP contribution in [0.15, 0.2) is 29.6 Å². The molecule has 6 heteroatoms. The standard InChI is InChI=1S/C18H21N3O2S/c1-12-5-4-8-14(9-12)19-16(22)10-15-11-24-18(20-15)21-17(23)13-6-2-3-7-13/h4-5,8-9,11,13H,2-3,6-7,10H2,1H3,(H,19,22)(H,20,21,23). The Labute approximate surface area is 145 Å². The third-order valence-electron chi connectivity index (χ3n) is 4.15. The molecule has 0 saturated heterocycles. The summed E-state index contributed by atoms with van der Waals surface area (Å²) in [5.74, 6) is 0.0548. The van der Waals surface area contributed by atoms with E-state index in [0.717, 1.165) is 36.9 Å². The van der Waals surface area contributed by atoms with Crippen molar-refractivity contribution in [2.45, 2.75) is 39.0 Å². The van der Waals surface area contributed by atoms with Crippen LogP contribution in [0.1, 0.15) is 36.9 Å². The van der Waals surface area contributed by atoms with Gasteiger partial charge in [-0.1, -0.05) is 25.0 Å². The van der Waals surface area contributed by atoms with E-state index in [1.165, 1.54) is 11.3 Å². The molecule has 1 fully saturated rings. The zero-order valence-corrected chi connectivity index (χ0v) is 14.5. The fraction of sp³-hybridized carbons (Fsp3) is 0.389. The summed E-state index contributed by atoms with van der Waals surface area (Å²) in [5.41, 5.74) is 2.55. The number of hydrogen-bond acceptors (Lipinski definition) is 4. The van der Waals surface area contributed by atoms with Crippen LogP contribution >= 0.6 is 11.3 Å². The van der Waals surface area contributed by atoms with E-state index in [-0.39, 0.29) is 24.2 Å². The number of hydrogen-bond donors (Lipinski definition) is 2. The molecule has 1 heterocycles. The first-order valence-corrected chi connectivity index (χ1v) is 9.10. The molecule has 1 aliphatic rings. The van der Waals surface area contributed by atoms with Crippen LogP contribution in [0.4, 0.5) is 10.8 Å². The SMILES string of the molecule is Cc1cccc(NC(=O)Cc2csc(NC(=O)C3CCCC3)n2)c1. The molecule has 0 atom stereocenters. The predicted molar refractivity (Wildman–Crippen MR) is 96.2 cm³/mol. The highest BCUT2D eigenvalue weighted by Gasteiger charge is 2.23. The minimum absolute atomic E-state index is 0.0533. The topological polar surface area (TPSA) is 71.1 Å². The predicted octanol–water partition coefficient (Wildman–Crippen LogP) is 3.76. The second-order valence-corrected chi connectivity index (χ2v) is 7.07. The van der Waals surface area contributed by atoms with Gasteiger partial charge in [-0.25, -0.2) is 4.98 Å². The van der Waals surface area contributed by atoms with Crippen molar-refractivity contribution >= 4 is 34.0 Å². The molecule has 2 N–H and O–H groups in total. The first kappa shape index (κ1) is 16.6. The molecule has 2 aromatic rings. The highest BCUT2D eigenvalue weighted by Crippen LogP contribution is 2.26. The number of carbonyl (C=O) groups is 2. The fourth-order valence-corrected chi connectivity index (χ4v) is 3.65. The van der Waals surface area contributed by atoms with E-state index in [4.69, 9.17) is 0 Å². The zero-order valence-electron chi connectivity index (χ0n) is 13.7. The van der Waals surface area contributed by atoms with Gasteiger partial charge in [0.05, 0.1) is 12.1 Å². The highest BCUT2D eigenvalue weighted by molar-refractivity contribution is 7.13. The van der Waals surface area contributed by atoms with Gasteiger partial charge in [0.25, 0.3) is 0 Å². The van der Waals surface area contributed by atoms with E-state index < -0.39 is 0 Å². The molecule has 0 bridgehead atoms. The van der Waals surface area contributed by atoms with E-state index in [9.17, 15) is 9.59 Å². The van der Waals surface area contributed by atoms with Crippen molar-refractivity contribution in [2.75, 3.05) is 10.6 Å². The van der Waals surface area contributed by atoms with Gasteiger partial charge in [-0.05, 0) is 37.5 Å². The lowest BCUT2D eigenvalue weighted by atomic mass is 10.1. The normalized spacial score (nSPS) is 14.5. The molecule has 5 nitrogen and oxygen atoms in total. The minimum atomic E-state index is -0.112. The number of nitrogens with zero attached hydrogens (tertiary/aromatic N) is 1. The molecule has 0 aliphatic heterocycles. The molecule has 0 radical (unpaired) electrons. The van der Waals surface area contributed by atoms with Crippen molar-refractivity contribution in [3.05, 3.63) is 40.9 Å². The van der Waals surface area contributed by atoms with Crippen LogP contribution in [-0.4, -0.2) is 16.8 Å². The summed E-state index contributed by atoms with van der Waals surface area (Å²) in [6.45, 7) is 1.98. The smallest absolute Gasteiger partial charge is 0.230 e. The van der Waals surface area contributed by atoms with Crippen LogP contribution in [0.5, 0.6) is 0 Å². The van der Waals surface area contributed by atoms with Crippen molar-refractivity contribution in [2.24, 2.45) is 5.92 Å². The Balaban J connectivity index is 1.53. The van der Waals surface area contributed by atoms with E-state index in [0.29, 0.717) is 10.8 Å². The molecule has 126 valence electrons. The molecule has 1 aromatic heterocycles. The van der Waals surface area contributed by atoms with Gasteiger partial charge >= 0.3 is 0 Å². The Hall–Kier alpha value is -2.21. The Morgan fingerprint density at radius 2 is 2.04 bits per heavy atom. The van der Waals surface area contributed by atoms with E-state index in [1.54, 1.807) is 0 Å². The maximum absolute atomic E-state index is 12.1. The van der Waals surface area contributed by atoms with Crippen molar-refractivity contribution in [3.63, 3.8) is 0 Å². The molecule has 1 aliphatic carbocycles. The molecule has 24 heavy (non-hydrogen) atoms. The third-order valence-corrected chi connectivity index (χ3v) is 4.96. The summed E-state index contributed by atoms with van der Waals surface area (Å²) in [5, 5.41) is 8.13. The zero-order chi connectivity index (χ0) is 16.9. The number of thiazole rings is 1. The van der Waals surface area contributed by atoms with Gasteiger partial charge in [0, 0.05) is 17.0 Å². The average molecular weight is 343 g/mol. The van der Waals surface area contributed by atoms with Crippen LogP contribution in [0.3, 0.4) is 0 Å². The first-order chi connectivity index (χ1) is 11.6. The highest BCUT2D eigenvalue weighted by atomic mass is 32.1. The molecule has 3 rings (SSSR count). The van der Waals surface area contributed by atoms with Crippen molar-refractivity contribution in [1.82, 2.24) is 4.98 Å². The number of carbonyl (C=O) groups excluding carboxylic acids is 2. The minimum Gasteiger partial charge on any atom is -0.326 e. The summed E-state index contributed by atoms with van der Waals surface area (Å²) >= 11 is 1.36. The lowest BCUT2D eigenvalue weighted by molar-refractivity contribution is -0.119. The lowest BCUT2D eigenvalue weighted by Crippen LogP contribution is -2.20. The van der Waals surface area contributed by atoms with Crippen LogP contribution in [-0.2, 0) is 16.0 Å². The number of aryl methyl sites for hydroxylation is 1. The molecule has 1 aromatic carbocycles. The van der Waals surface area contributed by atoms with Gasteiger partial charge in [0.15, 0.2) is 5.13 Å². The Morgan fingerprint density at radius 1 is 1.25 bits per heavy atom. The average Bonchev–Trinajstić information content (AvgIpc) is 3.19. The van der Waals surface area contributed by atoms with Crippen molar-refractivity contribution < 1.29 is 9.59 Å². The number of benzene rings is 1. The monoisotopic (exact) mass is 343 g/mol. The van der Waals surface area contributed by atoms with E-state index in [1.807, 2.05) is 36.6 Å². The van der Waals surface area contributed by atoms with Crippen LogP contribution in [0, 0.1) is 12.8 Å². The number of anilines is 2. The lowest BCUT2D eigenvalue weighted by Gasteiger charge is -2.07. The summed E-state index contributed by atoms with van der Waals surface area (Å²) in [7, 11) is 0. The molecule has 0 unspecified atom stereocenters.